The molecule has 0 saturated heterocycles. The zero-order chi connectivity index (χ0) is 14.3. The van der Waals surface area contributed by atoms with E-state index in [0.717, 1.165) is 24.4 Å². The first-order chi connectivity index (χ1) is 9.10. The Labute approximate surface area is 117 Å². The fraction of sp³-hybridized carbons (Fsp3) is 0.625. The summed E-state index contributed by atoms with van der Waals surface area (Å²) >= 11 is 0. The number of methoxy groups -OCH3 is 1. The average Bonchev–Trinajstić information content (AvgIpc) is 2.46. The van der Waals surface area contributed by atoms with Gasteiger partial charge in [-0.2, -0.15) is 0 Å². The normalized spacial score (nSPS) is 14.4. The Balaban J connectivity index is 2.57. The largest absolute Gasteiger partial charge is 0.497 e. The number of aliphatic hydroxyl groups is 1. The van der Waals surface area contributed by atoms with Gasteiger partial charge in [0.15, 0.2) is 0 Å². The number of rotatable bonds is 8. The van der Waals surface area contributed by atoms with E-state index in [1.165, 1.54) is 6.42 Å². The molecule has 108 valence electrons. The van der Waals surface area contributed by atoms with Crippen LogP contribution in [0, 0.1) is 5.92 Å². The summed E-state index contributed by atoms with van der Waals surface area (Å²) in [5.74, 6) is 1.49. The first kappa shape index (κ1) is 16.0. The van der Waals surface area contributed by atoms with E-state index in [9.17, 15) is 5.11 Å². The number of hydrogen-bond acceptors (Lipinski definition) is 3. The van der Waals surface area contributed by atoms with Crippen LogP contribution in [0.2, 0.25) is 0 Å². The standard InChI is InChI=1S/C16H27NO2/c1-5-13(3)11-17(6-2)12-16(18)14-7-9-15(19-4)10-8-14/h7-10,13,16,18H,5-6,11-12H2,1-4H3. The van der Waals surface area contributed by atoms with E-state index >= 15 is 0 Å². The summed E-state index contributed by atoms with van der Waals surface area (Å²) in [7, 11) is 1.65. The van der Waals surface area contributed by atoms with Crippen molar-refractivity contribution in [2.75, 3.05) is 26.7 Å². The summed E-state index contributed by atoms with van der Waals surface area (Å²) in [4.78, 5) is 2.31. The second-order valence-corrected chi connectivity index (χ2v) is 5.15. The van der Waals surface area contributed by atoms with Gasteiger partial charge in [0.05, 0.1) is 13.2 Å². The van der Waals surface area contributed by atoms with Crippen molar-refractivity contribution in [2.45, 2.75) is 33.3 Å². The third kappa shape index (κ3) is 5.21. The van der Waals surface area contributed by atoms with Crippen molar-refractivity contribution in [2.24, 2.45) is 5.92 Å². The fourth-order valence-corrected chi connectivity index (χ4v) is 2.08. The summed E-state index contributed by atoms with van der Waals surface area (Å²) in [5, 5.41) is 10.3. The highest BCUT2D eigenvalue weighted by Crippen LogP contribution is 2.19. The Hall–Kier alpha value is -1.06. The van der Waals surface area contributed by atoms with Crippen molar-refractivity contribution in [3.8, 4) is 5.75 Å². The highest BCUT2D eigenvalue weighted by atomic mass is 16.5. The van der Waals surface area contributed by atoms with Gasteiger partial charge in [-0.3, -0.25) is 0 Å². The summed E-state index contributed by atoms with van der Waals surface area (Å²) in [6.07, 6.45) is 0.740. The molecule has 0 aliphatic rings. The predicted octanol–water partition coefficient (Wildman–Crippen LogP) is 3.10. The van der Waals surface area contributed by atoms with Crippen LogP contribution in [-0.4, -0.2) is 36.8 Å². The molecular formula is C16H27NO2. The maximum atomic E-state index is 10.3. The molecular weight excluding hydrogens is 238 g/mol. The van der Waals surface area contributed by atoms with Crippen LogP contribution in [0.3, 0.4) is 0 Å². The number of hydrogen-bond donors (Lipinski definition) is 1. The first-order valence-electron chi connectivity index (χ1n) is 7.15. The average molecular weight is 265 g/mol. The van der Waals surface area contributed by atoms with Crippen LogP contribution in [0.5, 0.6) is 5.75 Å². The van der Waals surface area contributed by atoms with E-state index in [4.69, 9.17) is 4.74 Å². The lowest BCUT2D eigenvalue weighted by atomic mass is 10.1. The van der Waals surface area contributed by atoms with Gasteiger partial charge in [-0.1, -0.05) is 39.3 Å². The van der Waals surface area contributed by atoms with Gasteiger partial charge in [0, 0.05) is 13.1 Å². The van der Waals surface area contributed by atoms with Gasteiger partial charge in [-0.05, 0) is 30.2 Å². The van der Waals surface area contributed by atoms with Crippen molar-refractivity contribution in [3.05, 3.63) is 29.8 Å². The number of likely N-dealkylation sites (N-methyl/N-ethyl adjacent to an activating group) is 1. The van der Waals surface area contributed by atoms with E-state index in [1.807, 2.05) is 24.3 Å². The lowest BCUT2D eigenvalue weighted by Crippen LogP contribution is -2.32. The van der Waals surface area contributed by atoms with Crippen LogP contribution in [0.25, 0.3) is 0 Å². The topological polar surface area (TPSA) is 32.7 Å². The monoisotopic (exact) mass is 265 g/mol. The van der Waals surface area contributed by atoms with Crippen molar-refractivity contribution < 1.29 is 9.84 Å². The van der Waals surface area contributed by atoms with Gasteiger partial charge in [-0.25, -0.2) is 0 Å². The van der Waals surface area contributed by atoms with Crippen molar-refractivity contribution in [3.63, 3.8) is 0 Å². The molecule has 0 heterocycles. The Kier molecular flexibility index (Phi) is 6.89. The smallest absolute Gasteiger partial charge is 0.118 e. The molecule has 1 aromatic carbocycles. The zero-order valence-corrected chi connectivity index (χ0v) is 12.6. The molecule has 2 atom stereocenters. The van der Waals surface area contributed by atoms with Crippen molar-refractivity contribution in [1.29, 1.82) is 0 Å². The number of benzene rings is 1. The van der Waals surface area contributed by atoms with E-state index in [0.29, 0.717) is 12.5 Å². The predicted molar refractivity (Wildman–Crippen MR) is 79.5 cm³/mol. The van der Waals surface area contributed by atoms with Crippen LogP contribution in [0.1, 0.15) is 38.9 Å². The number of ether oxygens (including phenoxy) is 1. The van der Waals surface area contributed by atoms with Crippen LogP contribution in [0.4, 0.5) is 0 Å². The van der Waals surface area contributed by atoms with Crippen LogP contribution < -0.4 is 4.74 Å². The Bertz CT molecular complexity index is 350. The van der Waals surface area contributed by atoms with Gasteiger partial charge in [0.1, 0.15) is 5.75 Å². The molecule has 1 N–H and O–H groups in total. The number of aliphatic hydroxyl groups excluding tert-OH is 1. The minimum Gasteiger partial charge on any atom is -0.497 e. The zero-order valence-electron chi connectivity index (χ0n) is 12.6. The highest BCUT2D eigenvalue weighted by molar-refractivity contribution is 5.28. The number of nitrogens with zero attached hydrogens (tertiary/aromatic N) is 1. The molecule has 1 rings (SSSR count). The van der Waals surface area contributed by atoms with Gasteiger partial charge < -0.3 is 14.7 Å². The Morgan fingerprint density at radius 1 is 1.16 bits per heavy atom. The third-order valence-electron chi connectivity index (χ3n) is 3.65. The first-order valence-corrected chi connectivity index (χ1v) is 7.15. The van der Waals surface area contributed by atoms with Crippen LogP contribution >= 0.6 is 0 Å². The molecule has 19 heavy (non-hydrogen) atoms. The summed E-state index contributed by atoms with van der Waals surface area (Å²) in [6, 6.07) is 7.65. The molecule has 3 nitrogen and oxygen atoms in total. The van der Waals surface area contributed by atoms with Gasteiger partial charge >= 0.3 is 0 Å². The lowest BCUT2D eigenvalue weighted by Gasteiger charge is -2.26. The molecule has 0 spiro atoms. The molecule has 0 saturated carbocycles. The Morgan fingerprint density at radius 3 is 2.26 bits per heavy atom. The molecule has 0 aliphatic carbocycles. The SMILES string of the molecule is CCC(C)CN(CC)CC(O)c1ccc(OC)cc1. The van der Waals surface area contributed by atoms with E-state index in [2.05, 4.69) is 25.7 Å². The fourth-order valence-electron chi connectivity index (χ4n) is 2.08. The molecule has 3 heteroatoms. The molecule has 0 bridgehead atoms. The lowest BCUT2D eigenvalue weighted by molar-refractivity contribution is 0.107. The molecule has 2 unspecified atom stereocenters. The minimum absolute atomic E-state index is 0.435. The van der Waals surface area contributed by atoms with E-state index in [-0.39, 0.29) is 0 Å². The van der Waals surface area contributed by atoms with Crippen molar-refractivity contribution >= 4 is 0 Å². The highest BCUT2D eigenvalue weighted by Gasteiger charge is 2.14. The summed E-state index contributed by atoms with van der Waals surface area (Å²) in [6.45, 7) is 9.30. The van der Waals surface area contributed by atoms with E-state index < -0.39 is 6.10 Å². The Morgan fingerprint density at radius 2 is 1.79 bits per heavy atom. The van der Waals surface area contributed by atoms with Gasteiger partial charge in [-0.15, -0.1) is 0 Å². The van der Waals surface area contributed by atoms with Crippen molar-refractivity contribution in [1.82, 2.24) is 4.90 Å². The molecule has 0 aromatic heterocycles. The van der Waals surface area contributed by atoms with Gasteiger partial charge in [0.2, 0.25) is 0 Å². The third-order valence-corrected chi connectivity index (χ3v) is 3.65. The molecule has 0 amide bonds. The summed E-state index contributed by atoms with van der Waals surface area (Å²) in [5.41, 5.74) is 0.948. The maximum Gasteiger partial charge on any atom is 0.118 e. The second-order valence-electron chi connectivity index (χ2n) is 5.15. The summed E-state index contributed by atoms with van der Waals surface area (Å²) < 4.78 is 5.13. The molecule has 0 aliphatic heterocycles. The van der Waals surface area contributed by atoms with E-state index in [1.54, 1.807) is 7.11 Å². The van der Waals surface area contributed by atoms with Gasteiger partial charge in [0.25, 0.3) is 0 Å². The van der Waals surface area contributed by atoms with Crippen LogP contribution in [0.15, 0.2) is 24.3 Å². The second kappa shape index (κ2) is 8.18. The molecule has 0 radical (unpaired) electrons. The minimum atomic E-state index is -0.435. The molecule has 1 aromatic rings. The molecule has 0 fully saturated rings. The maximum absolute atomic E-state index is 10.3. The van der Waals surface area contributed by atoms with Crippen LogP contribution in [-0.2, 0) is 0 Å². The quantitative estimate of drug-likeness (QED) is 0.784.